The minimum absolute atomic E-state index is 0. The van der Waals surface area contributed by atoms with Crippen molar-refractivity contribution in [3.63, 3.8) is 0 Å². The number of rotatable bonds is 1. The molecule has 0 bridgehead atoms. The van der Waals surface area contributed by atoms with E-state index in [9.17, 15) is 0 Å². The number of nitrogens with one attached hydrogen (secondary N) is 1. The van der Waals surface area contributed by atoms with Crippen LogP contribution < -0.4 is 5.32 Å². The van der Waals surface area contributed by atoms with Crippen LogP contribution in [0.5, 0.6) is 0 Å². The Balaban J connectivity index is 0.00000112. The van der Waals surface area contributed by atoms with Crippen LogP contribution in [0.4, 0.5) is 0 Å². The molecule has 1 N–H and O–H groups in total. The highest BCUT2D eigenvalue weighted by molar-refractivity contribution is 5.85. The van der Waals surface area contributed by atoms with E-state index in [1.807, 2.05) is 0 Å². The number of halogens is 1. The fraction of sp³-hybridized carbons (Fsp3) is 0.538. The summed E-state index contributed by atoms with van der Waals surface area (Å²) in [5.41, 5.74) is 5.77. The fourth-order valence-electron chi connectivity index (χ4n) is 2.31. The predicted octanol–water partition coefficient (Wildman–Crippen LogP) is 3.46. The summed E-state index contributed by atoms with van der Waals surface area (Å²) in [6, 6.07) is 5.27. The van der Waals surface area contributed by atoms with E-state index in [2.05, 4.69) is 38.2 Å². The van der Waals surface area contributed by atoms with E-state index in [1.54, 1.807) is 0 Å². The van der Waals surface area contributed by atoms with Gasteiger partial charge in [0.2, 0.25) is 0 Å². The Hall–Kier alpha value is -0.530. The lowest BCUT2D eigenvalue weighted by molar-refractivity contribution is 0.643. The third-order valence-corrected chi connectivity index (χ3v) is 3.32. The van der Waals surface area contributed by atoms with Crippen LogP contribution in [0, 0.1) is 20.8 Å². The van der Waals surface area contributed by atoms with Crippen LogP contribution >= 0.6 is 12.4 Å². The molecule has 0 saturated carbocycles. The van der Waals surface area contributed by atoms with E-state index in [4.69, 9.17) is 0 Å². The van der Waals surface area contributed by atoms with Crippen molar-refractivity contribution in [3.8, 4) is 0 Å². The lowest BCUT2D eigenvalue weighted by Crippen LogP contribution is -2.14. The van der Waals surface area contributed by atoms with Crippen molar-refractivity contribution in [2.45, 2.75) is 39.7 Å². The molecular weight excluding hydrogens is 206 g/mol. The molecule has 1 heterocycles. The van der Waals surface area contributed by atoms with Gasteiger partial charge >= 0.3 is 0 Å². The molecule has 1 fully saturated rings. The zero-order valence-corrected chi connectivity index (χ0v) is 10.6. The van der Waals surface area contributed by atoms with Gasteiger partial charge in [0.25, 0.3) is 0 Å². The minimum Gasteiger partial charge on any atom is -0.310 e. The molecule has 1 aromatic rings. The van der Waals surface area contributed by atoms with Crippen LogP contribution in [0.15, 0.2) is 12.1 Å². The van der Waals surface area contributed by atoms with Crippen LogP contribution in [0.25, 0.3) is 0 Å². The molecule has 0 aromatic heterocycles. The molecule has 15 heavy (non-hydrogen) atoms. The summed E-state index contributed by atoms with van der Waals surface area (Å²) >= 11 is 0. The molecule has 0 spiro atoms. The Kier molecular flexibility index (Phi) is 4.18. The highest BCUT2D eigenvalue weighted by Gasteiger charge is 2.18. The van der Waals surface area contributed by atoms with E-state index in [-0.39, 0.29) is 12.4 Å². The lowest BCUT2D eigenvalue weighted by atomic mass is 9.95. The van der Waals surface area contributed by atoms with Gasteiger partial charge in [0, 0.05) is 6.04 Å². The van der Waals surface area contributed by atoms with Crippen molar-refractivity contribution in [1.29, 1.82) is 0 Å². The average molecular weight is 226 g/mol. The van der Waals surface area contributed by atoms with Gasteiger partial charge in [-0.2, -0.15) is 0 Å². The summed E-state index contributed by atoms with van der Waals surface area (Å²) < 4.78 is 0. The van der Waals surface area contributed by atoms with Crippen molar-refractivity contribution >= 4 is 12.4 Å². The van der Waals surface area contributed by atoms with Crippen molar-refractivity contribution in [2.24, 2.45) is 0 Å². The first kappa shape index (κ1) is 12.5. The number of benzene rings is 1. The monoisotopic (exact) mass is 225 g/mol. The summed E-state index contributed by atoms with van der Waals surface area (Å²) in [5, 5.41) is 3.56. The predicted molar refractivity (Wildman–Crippen MR) is 67.9 cm³/mol. The Morgan fingerprint density at radius 1 is 1.07 bits per heavy atom. The second-order valence-corrected chi connectivity index (χ2v) is 4.44. The summed E-state index contributed by atoms with van der Waals surface area (Å²) in [4.78, 5) is 0. The molecule has 0 amide bonds. The Labute approximate surface area is 98.7 Å². The Morgan fingerprint density at radius 2 is 1.73 bits per heavy atom. The third-order valence-electron chi connectivity index (χ3n) is 3.32. The highest BCUT2D eigenvalue weighted by Crippen LogP contribution is 2.27. The number of aryl methyl sites for hydroxylation is 3. The fourth-order valence-corrected chi connectivity index (χ4v) is 2.31. The molecule has 1 atom stereocenters. The molecule has 2 heteroatoms. The topological polar surface area (TPSA) is 12.0 Å². The van der Waals surface area contributed by atoms with Gasteiger partial charge in [-0.1, -0.05) is 12.1 Å². The maximum absolute atomic E-state index is 3.56. The Bertz CT molecular complexity index is 341. The molecule has 0 radical (unpaired) electrons. The normalized spacial score (nSPS) is 20.1. The molecule has 1 saturated heterocycles. The van der Waals surface area contributed by atoms with Gasteiger partial charge in [0.05, 0.1) is 0 Å². The summed E-state index contributed by atoms with van der Waals surface area (Å²) in [6.07, 6.45) is 2.61. The van der Waals surface area contributed by atoms with Gasteiger partial charge in [-0.05, 0) is 62.4 Å². The smallest absolute Gasteiger partial charge is 0.0323 e. The van der Waals surface area contributed by atoms with Crippen molar-refractivity contribution in [3.05, 3.63) is 34.4 Å². The first-order valence-corrected chi connectivity index (χ1v) is 5.49. The molecule has 1 aromatic carbocycles. The van der Waals surface area contributed by atoms with Gasteiger partial charge in [-0.15, -0.1) is 12.4 Å². The van der Waals surface area contributed by atoms with E-state index in [0.717, 1.165) is 0 Å². The van der Waals surface area contributed by atoms with Crippen molar-refractivity contribution in [1.82, 2.24) is 5.32 Å². The first-order valence-electron chi connectivity index (χ1n) is 5.49. The molecule has 1 nitrogen and oxygen atoms in total. The number of hydrogen-bond donors (Lipinski definition) is 1. The van der Waals surface area contributed by atoms with Crippen molar-refractivity contribution in [2.75, 3.05) is 6.54 Å². The van der Waals surface area contributed by atoms with Crippen LogP contribution in [-0.2, 0) is 0 Å². The van der Waals surface area contributed by atoms with E-state index < -0.39 is 0 Å². The molecule has 0 unspecified atom stereocenters. The molecule has 2 rings (SSSR count). The standard InChI is InChI=1S/C13H19N.ClH/c1-9-7-11(3)12(8-10(9)2)13-5-4-6-14-13;/h7-8,13-14H,4-6H2,1-3H3;1H/t13-;/m1./s1. The molecule has 1 aliphatic rings. The lowest BCUT2D eigenvalue weighted by Gasteiger charge is -2.16. The minimum atomic E-state index is 0. The maximum atomic E-state index is 3.56. The Morgan fingerprint density at radius 3 is 2.33 bits per heavy atom. The molecular formula is C13H20ClN. The summed E-state index contributed by atoms with van der Waals surface area (Å²) in [7, 11) is 0. The third kappa shape index (κ3) is 2.53. The molecule has 0 aliphatic carbocycles. The van der Waals surface area contributed by atoms with E-state index in [0.29, 0.717) is 6.04 Å². The molecule has 1 aliphatic heterocycles. The maximum Gasteiger partial charge on any atom is 0.0323 e. The number of hydrogen-bond acceptors (Lipinski definition) is 1. The second-order valence-electron chi connectivity index (χ2n) is 4.44. The zero-order valence-electron chi connectivity index (χ0n) is 9.76. The zero-order chi connectivity index (χ0) is 10.1. The quantitative estimate of drug-likeness (QED) is 0.772. The first-order chi connectivity index (χ1) is 6.68. The van der Waals surface area contributed by atoms with Gasteiger partial charge in [0.1, 0.15) is 0 Å². The van der Waals surface area contributed by atoms with E-state index >= 15 is 0 Å². The van der Waals surface area contributed by atoms with Crippen LogP contribution in [0.1, 0.15) is 41.1 Å². The van der Waals surface area contributed by atoms with Gasteiger partial charge in [-0.3, -0.25) is 0 Å². The average Bonchev–Trinajstić information content (AvgIpc) is 2.64. The second kappa shape index (κ2) is 5.00. The van der Waals surface area contributed by atoms with Gasteiger partial charge in [0.15, 0.2) is 0 Å². The van der Waals surface area contributed by atoms with Crippen LogP contribution in [0.3, 0.4) is 0 Å². The summed E-state index contributed by atoms with van der Waals surface area (Å²) in [5.74, 6) is 0. The van der Waals surface area contributed by atoms with Crippen molar-refractivity contribution < 1.29 is 0 Å². The molecule has 84 valence electrons. The van der Waals surface area contributed by atoms with E-state index in [1.165, 1.54) is 41.6 Å². The van der Waals surface area contributed by atoms with Crippen LogP contribution in [-0.4, -0.2) is 6.54 Å². The van der Waals surface area contributed by atoms with Gasteiger partial charge < -0.3 is 5.32 Å². The van der Waals surface area contributed by atoms with Gasteiger partial charge in [-0.25, -0.2) is 0 Å². The highest BCUT2D eigenvalue weighted by atomic mass is 35.5. The largest absolute Gasteiger partial charge is 0.310 e. The van der Waals surface area contributed by atoms with Crippen LogP contribution in [0.2, 0.25) is 0 Å². The SMILES string of the molecule is Cc1cc(C)c([C@H]2CCCN2)cc1C.Cl. The summed E-state index contributed by atoms with van der Waals surface area (Å²) in [6.45, 7) is 7.79.